The van der Waals surface area contributed by atoms with Crippen molar-refractivity contribution < 1.29 is 27.8 Å². The Morgan fingerprint density at radius 1 is 1.09 bits per heavy atom. The van der Waals surface area contributed by atoms with Crippen LogP contribution in [0.5, 0.6) is 11.5 Å². The number of hydrogen-bond acceptors (Lipinski definition) is 5. The van der Waals surface area contributed by atoms with E-state index in [0.29, 0.717) is 35.5 Å². The maximum Gasteiger partial charge on any atom is 0.323 e. The summed E-state index contributed by atoms with van der Waals surface area (Å²) in [6.07, 6.45) is 0.317. The van der Waals surface area contributed by atoms with Crippen molar-refractivity contribution in [3.05, 3.63) is 82.6 Å². The first kappa shape index (κ1) is 21.3. The molecule has 33 heavy (non-hydrogen) atoms. The van der Waals surface area contributed by atoms with Gasteiger partial charge in [0.15, 0.2) is 11.6 Å². The van der Waals surface area contributed by atoms with Crippen molar-refractivity contribution in [1.29, 1.82) is 0 Å². The van der Waals surface area contributed by atoms with Crippen LogP contribution in [0.1, 0.15) is 16.5 Å². The van der Waals surface area contributed by atoms with Gasteiger partial charge in [0.2, 0.25) is 0 Å². The molecule has 3 aromatic carbocycles. The van der Waals surface area contributed by atoms with Crippen LogP contribution in [-0.2, 0) is 11.2 Å². The second kappa shape index (κ2) is 8.40. The molecule has 0 bridgehead atoms. The molecule has 5 nitrogen and oxygen atoms in total. The fraction of sp³-hybridized carbons (Fsp3) is 0.167. The number of para-hydroxylation sites is 1. The van der Waals surface area contributed by atoms with E-state index >= 15 is 0 Å². The predicted octanol–water partition coefficient (Wildman–Crippen LogP) is 5.74. The van der Waals surface area contributed by atoms with Crippen molar-refractivity contribution in [2.45, 2.75) is 12.3 Å². The first-order chi connectivity index (χ1) is 15.9. The van der Waals surface area contributed by atoms with E-state index in [1.54, 1.807) is 11.0 Å². The highest BCUT2D eigenvalue weighted by Crippen LogP contribution is 2.42. The van der Waals surface area contributed by atoms with Gasteiger partial charge in [0, 0.05) is 30.6 Å². The molecule has 1 aliphatic heterocycles. The van der Waals surface area contributed by atoms with Gasteiger partial charge < -0.3 is 14.7 Å². The predicted molar refractivity (Wildman–Crippen MR) is 119 cm³/mol. The Morgan fingerprint density at radius 2 is 1.88 bits per heavy atom. The number of anilines is 1. The smallest absolute Gasteiger partial charge is 0.323 e. The van der Waals surface area contributed by atoms with Crippen LogP contribution in [0.2, 0.25) is 0 Å². The zero-order valence-corrected chi connectivity index (χ0v) is 17.9. The van der Waals surface area contributed by atoms with Gasteiger partial charge in [-0.25, -0.2) is 18.2 Å². The number of thiazole rings is 1. The Bertz CT molecular complexity index is 1360. The molecule has 0 aliphatic carbocycles. The van der Waals surface area contributed by atoms with Crippen LogP contribution in [0.25, 0.3) is 10.2 Å². The Kier molecular flexibility index (Phi) is 5.41. The molecular formula is C24H17F3N2O3S. The molecule has 1 unspecified atom stereocenters. The molecule has 1 N–H and O–H groups in total. The van der Waals surface area contributed by atoms with Gasteiger partial charge in [-0.3, -0.25) is 4.79 Å². The molecule has 5 rings (SSSR count). The molecule has 0 spiro atoms. The summed E-state index contributed by atoms with van der Waals surface area (Å²) in [5.74, 6) is -3.21. The summed E-state index contributed by atoms with van der Waals surface area (Å²) in [4.78, 5) is 17.2. The zero-order valence-electron chi connectivity index (χ0n) is 17.1. The van der Waals surface area contributed by atoms with Crippen LogP contribution in [0.4, 0.5) is 18.9 Å². The van der Waals surface area contributed by atoms with E-state index in [4.69, 9.17) is 4.74 Å². The molecule has 0 saturated heterocycles. The van der Waals surface area contributed by atoms with Crippen LogP contribution < -0.4 is 9.64 Å². The van der Waals surface area contributed by atoms with E-state index in [1.807, 2.05) is 42.5 Å². The van der Waals surface area contributed by atoms with Crippen molar-refractivity contribution in [1.82, 2.24) is 4.98 Å². The number of fused-ring (bicyclic) bond motifs is 2. The maximum absolute atomic E-state index is 14.1. The van der Waals surface area contributed by atoms with Crippen LogP contribution in [-0.4, -0.2) is 29.1 Å². The van der Waals surface area contributed by atoms with Crippen molar-refractivity contribution in [2.24, 2.45) is 0 Å². The molecular weight excluding hydrogens is 453 g/mol. The van der Waals surface area contributed by atoms with Gasteiger partial charge in [0.25, 0.3) is 0 Å². The quantitative estimate of drug-likeness (QED) is 0.364. The summed E-state index contributed by atoms with van der Waals surface area (Å²) < 4.78 is 47.7. The summed E-state index contributed by atoms with van der Waals surface area (Å²) >= 11 is 0.971. The summed E-state index contributed by atoms with van der Waals surface area (Å²) in [5, 5.41) is 9.75. The van der Waals surface area contributed by atoms with Gasteiger partial charge >= 0.3 is 5.97 Å². The third-order valence-corrected chi connectivity index (χ3v) is 6.59. The van der Waals surface area contributed by atoms with E-state index in [2.05, 4.69) is 4.98 Å². The SMILES string of the molecule is O=C(O)CN1CC(Cc2nc3c(F)c(F)cc(F)c3s2)c2cc(Oc3ccccc3)ccc21. The molecule has 0 saturated carbocycles. The Morgan fingerprint density at radius 3 is 2.64 bits per heavy atom. The molecule has 0 radical (unpaired) electrons. The van der Waals surface area contributed by atoms with Gasteiger partial charge in [-0.05, 0) is 35.9 Å². The van der Waals surface area contributed by atoms with Crippen molar-refractivity contribution in [2.75, 3.05) is 18.0 Å². The molecule has 9 heteroatoms. The number of aliphatic carboxylic acids is 1. The number of hydrogen-bond donors (Lipinski definition) is 1. The number of ether oxygens (including phenoxy) is 1. The van der Waals surface area contributed by atoms with E-state index in [9.17, 15) is 23.1 Å². The topological polar surface area (TPSA) is 62.7 Å². The van der Waals surface area contributed by atoms with E-state index < -0.39 is 23.4 Å². The molecule has 1 aromatic heterocycles. The van der Waals surface area contributed by atoms with Gasteiger partial charge in [-0.1, -0.05) is 18.2 Å². The number of aromatic nitrogens is 1. The van der Waals surface area contributed by atoms with Crippen LogP contribution in [0, 0.1) is 17.5 Å². The Labute approximate surface area is 190 Å². The van der Waals surface area contributed by atoms with Crippen LogP contribution in [0.3, 0.4) is 0 Å². The lowest BCUT2D eigenvalue weighted by molar-refractivity contribution is -0.135. The largest absolute Gasteiger partial charge is 0.480 e. The Balaban J connectivity index is 1.49. The minimum absolute atomic E-state index is 0.0364. The van der Waals surface area contributed by atoms with Gasteiger partial charge in [0.1, 0.15) is 29.4 Å². The van der Waals surface area contributed by atoms with Crippen LogP contribution >= 0.6 is 11.3 Å². The van der Waals surface area contributed by atoms with Crippen molar-refractivity contribution in [3.63, 3.8) is 0 Å². The average molecular weight is 470 g/mol. The van der Waals surface area contributed by atoms with E-state index in [-0.39, 0.29) is 22.7 Å². The molecule has 2 heterocycles. The second-order valence-corrected chi connectivity index (χ2v) is 8.83. The highest BCUT2D eigenvalue weighted by Gasteiger charge is 2.31. The maximum atomic E-state index is 14.1. The highest BCUT2D eigenvalue weighted by molar-refractivity contribution is 7.18. The summed E-state index contributed by atoms with van der Waals surface area (Å²) in [6, 6.07) is 15.2. The first-order valence-corrected chi connectivity index (χ1v) is 11.0. The molecule has 4 aromatic rings. The number of halogens is 3. The van der Waals surface area contributed by atoms with Gasteiger partial charge in [-0.2, -0.15) is 0 Å². The van der Waals surface area contributed by atoms with E-state index in [0.717, 1.165) is 22.6 Å². The van der Waals surface area contributed by atoms with Crippen molar-refractivity contribution in [3.8, 4) is 11.5 Å². The summed E-state index contributed by atoms with van der Waals surface area (Å²) in [7, 11) is 0. The zero-order chi connectivity index (χ0) is 23.1. The molecule has 1 atom stereocenters. The molecule has 0 amide bonds. The number of benzene rings is 3. The second-order valence-electron chi connectivity index (χ2n) is 7.75. The number of carboxylic acids is 1. The molecule has 168 valence electrons. The highest BCUT2D eigenvalue weighted by atomic mass is 32.1. The average Bonchev–Trinajstić information content (AvgIpc) is 3.35. The lowest BCUT2D eigenvalue weighted by Gasteiger charge is -2.17. The molecule has 0 fully saturated rings. The lowest BCUT2D eigenvalue weighted by atomic mass is 9.98. The number of carbonyl (C=O) groups is 1. The third-order valence-electron chi connectivity index (χ3n) is 5.51. The molecule has 1 aliphatic rings. The van der Waals surface area contributed by atoms with E-state index in [1.165, 1.54) is 0 Å². The first-order valence-electron chi connectivity index (χ1n) is 10.2. The third kappa shape index (κ3) is 4.11. The van der Waals surface area contributed by atoms with Crippen molar-refractivity contribution >= 4 is 33.2 Å². The number of rotatable bonds is 6. The van der Waals surface area contributed by atoms with Gasteiger partial charge in [-0.15, -0.1) is 11.3 Å². The number of carboxylic acid groups (broad SMARTS) is 1. The van der Waals surface area contributed by atoms with Crippen LogP contribution in [0.15, 0.2) is 54.6 Å². The minimum Gasteiger partial charge on any atom is -0.480 e. The summed E-state index contributed by atoms with van der Waals surface area (Å²) in [5.41, 5.74) is 1.29. The normalized spacial score (nSPS) is 15.1. The lowest BCUT2D eigenvalue weighted by Crippen LogP contribution is -2.28. The number of nitrogens with zero attached hydrogens (tertiary/aromatic N) is 2. The minimum atomic E-state index is -1.28. The summed E-state index contributed by atoms with van der Waals surface area (Å²) in [6.45, 7) is 0.211. The monoisotopic (exact) mass is 470 g/mol. The fourth-order valence-corrected chi connectivity index (χ4v) is 5.16. The van der Waals surface area contributed by atoms with Gasteiger partial charge in [0.05, 0.1) is 9.71 Å². The standard InChI is InChI=1S/C24H17F3N2O3S/c25-17-10-18(26)24-23(22(17)27)28-20(33-24)8-13-11-29(12-21(30)31)19-7-6-15(9-16(13)19)32-14-4-2-1-3-5-14/h1-7,9-10,13H,8,11-12H2,(H,30,31). The fourth-order valence-electron chi connectivity index (χ4n) is 4.11. The Hall–Kier alpha value is -3.59.